The van der Waals surface area contributed by atoms with Crippen LogP contribution in [0.4, 0.5) is 0 Å². The summed E-state index contributed by atoms with van der Waals surface area (Å²) in [5.74, 6) is -1.41. The first kappa shape index (κ1) is 25.0. The van der Waals surface area contributed by atoms with Crippen molar-refractivity contribution in [2.24, 2.45) is 34.5 Å². The van der Waals surface area contributed by atoms with E-state index in [1.807, 2.05) is 6.92 Å². The number of ether oxygens (including phenoxy) is 1. The molecule has 0 aliphatic heterocycles. The lowest BCUT2D eigenvalue weighted by atomic mass is 9.59. The highest BCUT2D eigenvalue weighted by Crippen LogP contribution is 2.71. The minimum absolute atomic E-state index is 0.0505. The molecule has 0 aromatic heterocycles. The Kier molecular flexibility index (Phi) is 6.04. The molecule has 4 rings (SSSR count). The van der Waals surface area contributed by atoms with Gasteiger partial charge in [-0.1, -0.05) is 39.0 Å². The van der Waals surface area contributed by atoms with Crippen molar-refractivity contribution in [3.8, 4) is 0 Å². The molecule has 5 N–H and O–H groups in total. The number of fused-ring (bicyclic) bond motifs is 3. The Morgan fingerprint density at radius 2 is 2.09 bits per heavy atom. The lowest BCUT2D eigenvalue weighted by molar-refractivity contribution is -0.203. The van der Waals surface area contributed by atoms with Crippen LogP contribution < -0.4 is 5.32 Å². The highest BCUT2D eigenvalue weighted by atomic mass is 16.6. The van der Waals surface area contributed by atoms with Crippen LogP contribution in [0.15, 0.2) is 35.5 Å². The number of esters is 1. The van der Waals surface area contributed by atoms with Crippen molar-refractivity contribution >= 4 is 18.0 Å². The molecule has 4 aliphatic carbocycles. The van der Waals surface area contributed by atoms with Crippen molar-refractivity contribution in [1.29, 1.82) is 5.41 Å². The fourth-order valence-electron chi connectivity index (χ4n) is 7.24. The first-order valence-electron chi connectivity index (χ1n) is 11.9. The molecule has 186 valence electrons. The third-order valence-electron chi connectivity index (χ3n) is 9.10. The fraction of sp³-hybridized carbons (Fsp3) is 0.654. The fourth-order valence-corrected chi connectivity index (χ4v) is 7.24. The van der Waals surface area contributed by atoms with E-state index in [4.69, 9.17) is 10.1 Å². The van der Waals surface area contributed by atoms with Crippen molar-refractivity contribution in [3.05, 3.63) is 35.5 Å². The zero-order valence-corrected chi connectivity index (χ0v) is 20.4. The van der Waals surface area contributed by atoms with Crippen LogP contribution in [0.2, 0.25) is 0 Å². The van der Waals surface area contributed by atoms with E-state index < -0.39 is 47.8 Å². The Hall–Kier alpha value is -2.13. The largest absolute Gasteiger partial charge is 0.453 e. The number of aliphatic hydroxyl groups is 3. The molecule has 2 saturated carbocycles. The zero-order chi connectivity index (χ0) is 25.2. The van der Waals surface area contributed by atoms with Crippen LogP contribution in [0, 0.1) is 39.9 Å². The second-order valence-electron chi connectivity index (χ2n) is 11.0. The summed E-state index contributed by atoms with van der Waals surface area (Å²) in [6.07, 6.45) is 5.07. The van der Waals surface area contributed by atoms with E-state index >= 15 is 0 Å². The smallest absolute Gasteiger partial charge is 0.327 e. The maximum atomic E-state index is 14.3. The number of hydrogen-bond acceptors (Lipinski definition) is 8. The van der Waals surface area contributed by atoms with Gasteiger partial charge in [-0.2, -0.15) is 0 Å². The number of ketones is 1. The molecule has 2 fully saturated rings. The summed E-state index contributed by atoms with van der Waals surface area (Å²) in [7, 11) is 1.57. The van der Waals surface area contributed by atoms with Crippen molar-refractivity contribution in [2.75, 3.05) is 13.7 Å². The van der Waals surface area contributed by atoms with Gasteiger partial charge in [0.25, 0.3) is 0 Å². The van der Waals surface area contributed by atoms with Gasteiger partial charge < -0.3 is 30.8 Å². The number of hydrogen-bond donors (Lipinski definition) is 5. The van der Waals surface area contributed by atoms with E-state index in [1.165, 1.54) is 12.2 Å². The van der Waals surface area contributed by atoms with E-state index in [0.29, 0.717) is 12.0 Å². The average molecular weight is 473 g/mol. The molecule has 0 radical (unpaired) electrons. The monoisotopic (exact) mass is 472 g/mol. The number of nitrogens with one attached hydrogen (secondary N) is 2. The number of Topliss-reactive ketones (excluding diaryl/α,β-unsaturated/α-hetero) is 1. The average Bonchev–Trinajstić information content (AvgIpc) is 3.28. The van der Waals surface area contributed by atoms with Gasteiger partial charge in [-0.15, -0.1) is 0 Å². The molecule has 0 aromatic carbocycles. The number of allylic oxidation sites excluding steroid dienone is 2. The molecule has 9 atom stereocenters. The molecule has 2 bridgehead atoms. The van der Waals surface area contributed by atoms with Gasteiger partial charge in [0.1, 0.15) is 12.1 Å². The van der Waals surface area contributed by atoms with Gasteiger partial charge in [-0.3, -0.25) is 4.79 Å². The highest BCUT2D eigenvalue weighted by Gasteiger charge is 2.76. The Labute approximate surface area is 200 Å². The summed E-state index contributed by atoms with van der Waals surface area (Å²) in [4.78, 5) is 27.3. The van der Waals surface area contributed by atoms with Crippen molar-refractivity contribution in [2.45, 2.75) is 58.0 Å². The maximum absolute atomic E-state index is 14.3. The van der Waals surface area contributed by atoms with Crippen molar-refractivity contribution in [1.82, 2.24) is 5.32 Å². The van der Waals surface area contributed by atoms with E-state index in [9.17, 15) is 24.9 Å². The maximum Gasteiger partial charge on any atom is 0.327 e. The molecular formula is C26H36N2O6. The molecule has 0 heterocycles. The normalized spacial score (nSPS) is 43.1. The number of rotatable bonds is 6. The number of aliphatic hydroxyl groups excluding tert-OH is 2. The Bertz CT molecular complexity index is 999. The van der Waals surface area contributed by atoms with Crippen LogP contribution in [0.5, 0.6) is 0 Å². The van der Waals surface area contributed by atoms with E-state index in [-0.39, 0.29) is 34.5 Å². The number of carbonyl (C=O) groups is 2. The van der Waals surface area contributed by atoms with Crippen LogP contribution in [0.1, 0.15) is 34.1 Å². The molecule has 1 spiro atoms. The van der Waals surface area contributed by atoms with Crippen molar-refractivity contribution in [3.63, 3.8) is 0 Å². The van der Waals surface area contributed by atoms with E-state index in [1.54, 1.807) is 26.1 Å². The summed E-state index contributed by atoms with van der Waals surface area (Å²) in [5, 5.41) is 43.9. The predicted octanol–water partition coefficient (Wildman–Crippen LogP) is 1.16. The Morgan fingerprint density at radius 1 is 1.41 bits per heavy atom. The van der Waals surface area contributed by atoms with E-state index in [2.05, 4.69) is 19.2 Å². The Morgan fingerprint density at radius 3 is 2.68 bits per heavy atom. The minimum Gasteiger partial charge on any atom is -0.453 e. The third-order valence-corrected chi connectivity index (χ3v) is 9.10. The van der Waals surface area contributed by atoms with Gasteiger partial charge in [0.05, 0.1) is 12.0 Å². The second-order valence-corrected chi connectivity index (χ2v) is 11.0. The molecule has 7 unspecified atom stereocenters. The van der Waals surface area contributed by atoms with Gasteiger partial charge in [0.2, 0.25) is 0 Å². The summed E-state index contributed by atoms with van der Waals surface area (Å²) in [6, 6.07) is -0.881. The molecule has 34 heavy (non-hydrogen) atoms. The van der Waals surface area contributed by atoms with Gasteiger partial charge in [0.15, 0.2) is 17.5 Å². The number of likely N-dealkylation sites (N-methyl/N-ethyl adjacent to an activating group) is 1. The first-order valence-corrected chi connectivity index (χ1v) is 11.9. The van der Waals surface area contributed by atoms with Crippen LogP contribution in [-0.2, 0) is 14.3 Å². The highest BCUT2D eigenvalue weighted by molar-refractivity contribution is 5.95. The number of carbonyl (C=O) groups excluding carboxylic acids is 2. The minimum atomic E-state index is -2.16. The topological polar surface area (TPSA) is 140 Å². The Balaban J connectivity index is 1.83. The van der Waals surface area contributed by atoms with Crippen LogP contribution in [0.25, 0.3) is 0 Å². The lowest BCUT2D eigenvalue weighted by Crippen LogP contribution is -2.66. The summed E-state index contributed by atoms with van der Waals surface area (Å²) in [5.41, 5.74) is -2.99. The van der Waals surface area contributed by atoms with Gasteiger partial charge in [0, 0.05) is 12.1 Å². The van der Waals surface area contributed by atoms with Gasteiger partial charge >= 0.3 is 5.97 Å². The molecule has 0 aromatic rings. The zero-order valence-electron chi connectivity index (χ0n) is 20.4. The standard InChI is InChI=1S/C26H36N2O6/c1-13-11-25-14(2)9-17-19(24(17,3)4)16(21(25)31)10-15(12-29)20(30)26(25,33)22(13)34-23(32)18(28-5)7-6-8-27/h6-8,10-11,14,16-20,22,27-30,33H,9,12H2,1-5H3/t14-,16?,17?,18?,19+,20?,22?,25?,26?/m1/s1. The molecular weight excluding hydrogens is 436 g/mol. The quantitative estimate of drug-likeness (QED) is 0.222. The van der Waals surface area contributed by atoms with Gasteiger partial charge in [-0.25, -0.2) is 4.79 Å². The van der Waals surface area contributed by atoms with Gasteiger partial charge in [-0.05, 0) is 60.8 Å². The second kappa shape index (κ2) is 8.22. The van der Waals surface area contributed by atoms with Crippen LogP contribution in [-0.4, -0.2) is 70.8 Å². The molecule has 0 saturated heterocycles. The lowest BCUT2D eigenvalue weighted by Gasteiger charge is -2.48. The molecule has 8 heteroatoms. The van der Waals surface area contributed by atoms with Crippen LogP contribution >= 0.6 is 0 Å². The summed E-state index contributed by atoms with van der Waals surface area (Å²) >= 11 is 0. The van der Waals surface area contributed by atoms with Crippen LogP contribution in [0.3, 0.4) is 0 Å². The molecule has 4 aliphatic rings. The van der Waals surface area contributed by atoms with E-state index in [0.717, 1.165) is 6.21 Å². The first-order chi connectivity index (χ1) is 15.9. The molecule has 8 nitrogen and oxygen atoms in total. The third kappa shape index (κ3) is 3.08. The predicted molar refractivity (Wildman–Crippen MR) is 126 cm³/mol. The van der Waals surface area contributed by atoms with Crippen molar-refractivity contribution < 1.29 is 29.6 Å². The summed E-state index contributed by atoms with van der Waals surface area (Å²) < 4.78 is 5.80. The molecule has 0 amide bonds. The summed E-state index contributed by atoms with van der Waals surface area (Å²) in [6.45, 7) is 7.38. The SMILES string of the molecule is CNC(C=CC=N)C(=O)OC1C(C)=CC23C(=O)C(C=C(CO)C(O)C12O)[C@H]1C(C[C@H]3C)C1(C)C.